The average molecular weight is 394 g/mol. The van der Waals surface area contributed by atoms with Crippen molar-refractivity contribution in [2.24, 2.45) is 0 Å². The van der Waals surface area contributed by atoms with Gasteiger partial charge in [-0.1, -0.05) is 6.07 Å². The van der Waals surface area contributed by atoms with E-state index in [1.54, 1.807) is 24.4 Å². The molecular formula is C12H9FIrNO-. The fourth-order valence-corrected chi connectivity index (χ4v) is 1.29. The van der Waals surface area contributed by atoms with Gasteiger partial charge in [0.05, 0.1) is 6.61 Å². The molecule has 0 atom stereocenters. The van der Waals surface area contributed by atoms with Crippen LogP contribution in [0, 0.1) is 11.9 Å². The van der Waals surface area contributed by atoms with E-state index in [1.165, 1.54) is 12.1 Å². The molecule has 0 saturated heterocycles. The maximum atomic E-state index is 12.7. The van der Waals surface area contributed by atoms with Crippen LogP contribution in [0.1, 0.15) is 5.56 Å². The maximum absolute atomic E-state index is 12.7. The van der Waals surface area contributed by atoms with Crippen LogP contribution in [0.2, 0.25) is 0 Å². The number of hydrogen-bond donors (Lipinski definition) is 1. The standard InChI is InChI=1S/C12H9FNO.Ir/c13-11-3-1-10(2-4-11)12-7-9(8-15)5-6-14-12;/h1,3-7,15H,8H2;/q-1;. The Hall–Kier alpha value is -1.09. The van der Waals surface area contributed by atoms with E-state index in [0.717, 1.165) is 5.56 Å². The van der Waals surface area contributed by atoms with Crippen LogP contribution in [0.4, 0.5) is 4.39 Å². The Kier molecular flexibility index (Phi) is 4.74. The zero-order chi connectivity index (χ0) is 10.7. The SMILES string of the molecule is OCc1ccnc(-c2[c-]cc(F)cc2)c1.[Ir]. The number of rotatable bonds is 2. The summed E-state index contributed by atoms with van der Waals surface area (Å²) in [5, 5.41) is 8.96. The predicted octanol–water partition coefficient (Wildman–Crippen LogP) is 2.18. The van der Waals surface area contributed by atoms with Crippen molar-refractivity contribution in [3.05, 3.63) is 54.0 Å². The summed E-state index contributed by atoms with van der Waals surface area (Å²) < 4.78 is 12.7. The molecule has 4 heteroatoms. The van der Waals surface area contributed by atoms with E-state index in [1.807, 2.05) is 0 Å². The summed E-state index contributed by atoms with van der Waals surface area (Å²) in [6.07, 6.45) is 1.61. The Balaban J connectivity index is 0.00000128. The van der Waals surface area contributed by atoms with Gasteiger partial charge in [-0.25, -0.2) is 0 Å². The second-order valence-electron chi connectivity index (χ2n) is 3.13. The molecule has 0 saturated carbocycles. The van der Waals surface area contributed by atoms with Gasteiger partial charge in [-0.15, -0.1) is 29.8 Å². The average Bonchev–Trinajstić information content (AvgIpc) is 2.30. The van der Waals surface area contributed by atoms with Crippen LogP contribution in [-0.2, 0) is 26.7 Å². The summed E-state index contributed by atoms with van der Waals surface area (Å²) in [7, 11) is 0. The monoisotopic (exact) mass is 395 g/mol. The van der Waals surface area contributed by atoms with E-state index in [4.69, 9.17) is 5.11 Å². The molecule has 0 spiro atoms. The van der Waals surface area contributed by atoms with Crippen molar-refractivity contribution in [1.82, 2.24) is 4.98 Å². The summed E-state index contributed by atoms with van der Waals surface area (Å²) in [6.45, 7) is -0.0310. The number of aliphatic hydroxyl groups excluding tert-OH is 1. The minimum absolute atomic E-state index is 0. The van der Waals surface area contributed by atoms with Gasteiger partial charge in [0.15, 0.2) is 0 Å². The number of nitrogens with zero attached hydrogens (tertiary/aromatic N) is 1. The molecule has 85 valence electrons. The predicted molar refractivity (Wildman–Crippen MR) is 54.4 cm³/mol. The van der Waals surface area contributed by atoms with E-state index in [9.17, 15) is 4.39 Å². The summed E-state index contributed by atoms with van der Waals surface area (Å²) in [6, 6.07) is 10.5. The molecule has 2 nitrogen and oxygen atoms in total. The molecule has 1 radical (unpaired) electrons. The zero-order valence-corrected chi connectivity index (χ0v) is 10.7. The first-order valence-corrected chi connectivity index (χ1v) is 4.53. The number of hydrogen-bond acceptors (Lipinski definition) is 2. The van der Waals surface area contributed by atoms with Gasteiger partial charge in [0, 0.05) is 32.1 Å². The minimum Gasteiger partial charge on any atom is -0.392 e. The first kappa shape index (κ1) is 13.0. The summed E-state index contributed by atoms with van der Waals surface area (Å²) >= 11 is 0. The number of benzene rings is 1. The topological polar surface area (TPSA) is 33.1 Å². The van der Waals surface area contributed by atoms with Gasteiger partial charge in [-0.2, -0.15) is 0 Å². The van der Waals surface area contributed by atoms with Gasteiger partial charge in [-0.3, -0.25) is 4.39 Å². The van der Waals surface area contributed by atoms with Gasteiger partial charge in [-0.05, 0) is 17.3 Å². The second kappa shape index (κ2) is 5.85. The molecular weight excluding hydrogens is 385 g/mol. The first-order valence-electron chi connectivity index (χ1n) is 4.53. The van der Waals surface area contributed by atoms with E-state index < -0.39 is 0 Å². The van der Waals surface area contributed by atoms with Gasteiger partial charge in [0.1, 0.15) is 0 Å². The molecule has 16 heavy (non-hydrogen) atoms. The quantitative estimate of drug-likeness (QED) is 0.793. The Bertz CT molecular complexity index is 459. The minimum atomic E-state index is -0.322. The van der Waals surface area contributed by atoms with Crippen molar-refractivity contribution in [3.63, 3.8) is 0 Å². The van der Waals surface area contributed by atoms with E-state index in [0.29, 0.717) is 11.3 Å². The van der Waals surface area contributed by atoms with Gasteiger partial charge in [0.2, 0.25) is 0 Å². The van der Waals surface area contributed by atoms with Crippen LogP contribution in [-0.4, -0.2) is 10.1 Å². The van der Waals surface area contributed by atoms with Crippen molar-refractivity contribution < 1.29 is 29.6 Å². The molecule has 0 unspecified atom stereocenters. The molecule has 0 aliphatic rings. The number of aromatic nitrogens is 1. The van der Waals surface area contributed by atoms with Crippen molar-refractivity contribution in [1.29, 1.82) is 0 Å². The third-order valence-electron chi connectivity index (χ3n) is 2.06. The summed E-state index contributed by atoms with van der Waals surface area (Å²) in [5.41, 5.74) is 2.17. The van der Waals surface area contributed by atoms with Crippen molar-refractivity contribution >= 4 is 0 Å². The molecule has 1 aromatic heterocycles. The van der Waals surface area contributed by atoms with E-state index in [2.05, 4.69) is 11.1 Å². The molecule has 2 rings (SSSR count). The van der Waals surface area contributed by atoms with Crippen molar-refractivity contribution in [3.8, 4) is 11.3 Å². The Morgan fingerprint density at radius 1 is 1.31 bits per heavy atom. The van der Waals surface area contributed by atoms with Gasteiger partial charge >= 0.3 is 0 Å². The molecule has 0 aliphatic carbocycles. The Morgan fingerprint density at radius 3 is 2.75 bits per heavy atom. The fourth-order valence-electron chi connectivity index (χ4n) is 1.29. The normalized spacial score (nSPS) is 9.62. The largest absolute Gasteiger partial charge is 0.392 e. The third-order valence-corrected chi connectivity index (χ3v) is 2.06. The van der Waals surface area contributed by atoms with E-state index >= 15 is 0 Å². The molecule has 0 aliphatic heterocycles. The fraction of sp³-hybridized carbons (Fsp3) is 0.0833. The molecule has 1 N–H and O–H groups in total. The first-order chi connectivity index (χ1) is 7.29. The molecule has 0 amide bonds. The smallest absolute Gasteiger partial charge is 0.0675 e. The molecule has 0 fully saturated rings. The van der Waals surface area contributed by atoms with Gasteiger partial charge < -0.3 is 10.1 Å². The van der Waals surface area contributed by atoms with E-state index in [-0.39, 0.29) is 32.5 Å². The number of aliphatic hydroxyl groups is 1. The van der Waals surface area contributed by atoms with Gasteiger partial charge in [0.25, 0.3) is 0 Å². The summed E-state index contributed by atoms with van der Waals surface area (Å²) in [5.74, 6) is -0.322. The van der Waals surface area contributed by atoms with Crippen molar-refractivity contribution in [2.75, 3.05) is 0 Å². The number of pyridine rings is 1. The maximum Gasteiger partial charge on any atom is 0.0675 e. The van der Waals surface area contributed by atoms with Crippen molar-refractivity contribution in [2.45, 2.75) is 6.61 Å². The zero-order valence-electron chi connectivity index (χ0n) is 8.28. The van der Waals surface area contributed by atoms with Crippen LogP contribution in [0.5, 0.6) is 0 Å². The molecule has 2 aromatic rings. The number of halogens is 1. The Morgan fingerprint density at radius 2 is 2.12 bits per heavy atom. The van der Waals surface area contributed by atoms with Crippen LogP contribution < -0.4 is 0 Å². The Labute approximate surface area is 107 Å². The third kappa shape index (κ3) is 2.95. The van der Waals surface area contributed by atoms with Crippen LogP contribution in [0.3, 0.4) is 0 Å². The second-order valence-corrected chi connectivity index (χ2v) is 3.13. The molecule has 0 bridgehead atoms. The summed E-state index contributed by atoms with van der Waals surface area (Å²) in [4.78, 5) is 4.12. The van der Waals surface area contributed by atoms with Crippen LogP contribution in [0.15, 0.2) is 36.5 Å². The molecule has 1 aromatic carbocycles. The molecule has 1 heterocycles. The van der Waals surface area contributed by atoms with Crippen LogP contribution in [0.25, 0.3) is 11.3 Å². The van der Waals surface area contributed by atoms with Crippen LogP contribution >= 0.6 is 0 Å².